The normalized spacial score (nSPS) is 15.3. The third kappa shape index (κ3) is 4.22. The van der Waals surface area contributed by atoms with Crippen LogP contribution in [-0.2, 0) is 4.79 Å². The molecule has 2 aromatic carbocycles. The molecule has 0 aliphatic heterocycles. The molecule has 1 saturated carbocycles. The summed E-state index contributed by atoms with van der Waals surface area (Å²) in [6, 6.07) is 15.5. The Balaban J connectivity index is 1.57. The summed E-state index contributed by atoms with van der Waals surface area (Å²) in [6.07, 6.45) is 10.0. The summed E-state index contributed by atoms with van der Waals surface area (Å²) in [5.41, 5.74) is 2.53. The molecule has 0 amide bonds. The fourth-order valence-electron chi connectivity index (χ4n) is 3.37. The van der Waals surface area contributed by atoms with Crippen LogP contribution in [0.4, 0.5) is 0 Å². The molecule has 2 nitrogen and oxygen atoms in total. The van der Waals surface area contributed by atoms with E-state index in [0.717, 1.165) is 35.8 Å². The molecule has 0 heterocycles. The molecule has 1 aliphatic carbocycles. The van der Waals surface area contributed by atoms with Crippen LogP contribution in [0.15, 0.2) is 48.5 Å². The first-order chi connectivity index (χ1) is 11.4. The second-order valence-corrected chi connectivity index (χ2v) is 6.31. The van der Waals surface area contributed by atoms with Crippen molar-refractivity contribution in [1.29, 1.82) is 0 Å². The fraction of sp³-hybridized carbons (Fsp3) is 0.381. The number of rotatable bonds is 6. The Morgan fingerprint density at radius 2 is 1.70 bits per heavy atom. The zero-order valence-corrected chi connectivity index (χ0v) is 13.5. The van der Waals surface area contributed by atoms with Gasteiger partial charge in [0.25, 0.3) is 0 Å². The Morgan fingerprint density at radius 3 is 2.43 bits per heavy atom. The molecule has 0 saturated heterocycles. The van der Waals surface area contributed by atoms with Crippen molar-refractivity contribution in [1.82, 2.24) is 0 Å². The molecule has 2 heteroatoms. The summed E-state index contributed by atoms with van der Waals surface area (Å²) < 4.78 is 5.88. The van der Waals surface area contributed by atoms with Crippen molar-refractivity contribution in [3.8, 4) is 16.9 Å². The van der Waals surface area contributed by atoms with Crippen LogP contribution in [0.2, 0.25) is 0 Å². The summed E-state index contributed by atoms with van der Waals surface area (Å²) >= 11 is 0. The zero-order chi connectivity index (χ0) is 15.9. The van der Waals surface area contributed by atoms with E-state index in [1.165, 1.54) is 32.1 Å². The highest BCUT2D eigenvalue weighted by Crippen LogP contribution is 2.27. The Labute approximate surface area is 138 Å². The van der Waals surface area contributed by atoms with Crippen molar-refractivity contribution < 1.29 is 9.53 Å². The Bertz CT molecular complexity index is 625. The number of hydrogen-bond acceptors (Lipinski definition) is 2. The summed E-state index contributed by atoms with van der Waals surface area (Å²) in [5.74, 6) is 1.75. The minimum Gasteiger partial charge on any atom is -0.494 e. The Hall–Kier alpha value is -2.09. The lowest BCUT2D eigenvalue weighted by Crippen LogP contribution is -2.10. The zero-order valence-electron chi connectivity index (χ0n) is 13.5. The van der Waals surface area contributed by atoms with Crippen molar-refractivity contribution in [2.45, 2.75) is 38.5 Å². The van der Waals surface area contributed by atoms with Crippen molar-refractivity contribution in [3.05, 3.63) is 54.1 Å². The van der Waals surface area contributed by atoms with Crippen LogP contribution < -0.4 is 4.74 Å². The van der Waals surface area contributed by atoms with Crippen molar-refractivity contribution in [2.24, 2.45) is 5.92 Å². The quantitative estimate of drug-likeness (QED) is 0.736. The van der Waals surface area contributed by atoms with E-state index in [0.29, 0.717) is 5.56 Å². The molecule has 0 unspecified atom stereocenters. The molecular formula is C21H23O2. The first kappa shape index (κ1) is 15.8. The third-order valence-electron chi connectivity index (χ3n) is 4.72. The lowest BCUT2D eigenvalue weighted by molar-refractivity contribution is 0.246. The van der Waals surface area contributed by atoms with Crippen LogP contribution in [0.5, 0.6) is 5.75 Å². The molecule has 0 spiro atoms. The molecule has 3 rings (SSSR count). The van der Waals surface area contributed by atoms with E-state index in [-0.39, 0.29) is 0 Å². The van der Waals surface area contributed by atoms with Gasteiger partial charge in [-0.1, -0.05) is 68.5 Å². The van der Waals surface area contributed by atoms with Crippen LogP contribution >= 0.6 is 0 Å². The largest absolute Gasteiger partial charge is 0.494 e. The molecular weight excluding hydrogens is 284 g/mol. The van der Waals surface area contributed by atoms with Crippen LogP contribution in [-0.4, -0.2) is 12.9 Å². The summed E-state index contributed by atoms with van der Waals surface area (Å²) in [5, 5.41) is 0. The molecule has 2 aromatic rings. The summed E-state index contributed by atoms with van der Waals surface area (Å²) in [7, 11) is 0. The molecule has 0 aromatic heterocycles. The van der Waals surface area contributed by atoms with Crippen LogP contribution in [0.3, 0.4) is 0 Å². The van der Waals surface area contributed by atoms with E-state index in [9.17, 15) is 4.79 Å². The SMILES string of the molecule is O=[C]c1ccccc1-c1ccc(OCCC2CCCCC2)cc1. The Morgan fingerprint density at radius 1 is 0.957 bits per heavy atom. The molecule has 1 radical (unpaired) electrons. The predicted octanol–water partition coefficient (Wildman–Crippen LogP) is 5.16. The molecule has 0 N–H and O–H groups in total. The highest BCUT2D eigenvalue weighted by Gasteiger charge is 2.13. The van der Waals surface area contributed by atoms with E-state index in [1.54, 1.807) is 6.07 Å². The van der Waals surface area contributed by atoms with Gasteiger partial charge in [-0.25, -0.2) is 0 Å². The minimum atomic E-state index is 0.596. The van der Waals surface area contributed by atoms with Gasteiger partial charge in [0.15, 0.2) is 0 Å². The van der Waals surface area contributed by atoms with Gasteiger partial charge in [0.2, 0.25) is 6.29 Å². The van der Waals surface area contributed by atoms with Crippen LogP contribution in [0, 0.1) is 5.92 Å². The first-order valence-electron chi connectivity index (χ1n) is 8.57. The second kappa shape index (κ2) is 7.96. The van der Waals surface area contributed by atoms with Gasteiger partial charge in [-0.3, -0.25) is 4.79 Å². The lowest BCUT2D eigenvalue weighted by atomic mass is 9.87. The van der Waals surface area contributed by atoms with Gasteiger partial charge in [-0.05, 0) is 35.6 Å². The molecule has 1 aliphatic rings. The molecule has 119 valence electrons. The predicted molar refractivity (Wildman–Crippen MR) is 93.4 cm³/mol. The fourth-order valence-corrected chi connectivity index (χ4v) is 3.37. The van der Waals surface area contributed by atoms with E-state index in [4.69, 9.17) is 4.74 Å². The second-order valence-electron chi connectivity index (χ2n) is 6.31. The number of carbonyl (C=O) groups excluding carboxylic acids is 1. The molecule has 1 fully saturated rings. The third-order valence-corrected chi connectivity index (χ3v) is 4.72. The Kier molecular flexibility index (Phi) is 5.46. The van der Waals surface area contributed by atoms with Gasteiger partial charge in [0.1, 0.15) is 5.75 Å². The van der Waals surface area contributed by atoms with Gasteiger partial charge >= 0.3 is 0 Å². The van der Waals surface area contributed by atoms with Gasteiger partial charge in [-0.2, -0.15) is 0 Å². The van der Waals surface area contributed by atoms with E-state index >= 15 is 0 Å². The highest BCUT2D eigenvalue weighted by molar-refractivity contribution is 5.87. The van der Waals surface area contributed by atoms with E-state index in [2.05, 4.69) is 0 Å². The molecule has 0 atom stereocenters. The maximum absolute atomic E-state index is 11.0. The number of benzene rings is 2. The van der Waals surface area contributed by atoms with Crippen molar-refractivity contribution in [2.75, 3.05) is 6.61 Å². The first-order valence-corrected chi connectivity index (χ1v) is 8.57. The molecule has 23 heavy (non-hydrogen) atoms. The number of ether oxygens (including phenoxy) is 1. The monoisotopic (exact) mass is 307 g/mol. The number of hydrogen-bond donors (Lipinski definition) is 0. The van der Waals surface area contributed by atoms with E-state index in [1.807, 2.05) is 48.8 Å². The highest BCUT2D eigenvalue weighted by atomic mass is 16.5. The minimum absolute atomic E-state index is 0.596. The van der Waals surface area contributed by atoms with Crippen LogP contribution in [0.25, 0.3) is 11.1 Å². The van der Waals surface area contributed by atoms with Crippen molar-refractivity contribution >= 4 is 6.29 Å². The van der Waals surface area contributed by atoms with Gasteiger partial charge in [0, 0.05) is 5.56 Å². The van der Waals surface area contributed by atoms with Crippen molar-refractivity contribution in [3.63, 3.8) is 0 Å². The summed E-state index contributed by atoms with van der Waals surface area (Å²) in [4.78, 5) is 11.0. The molecule has 0 bridgehead atoms. The van der Waals surface area contributed by atoms with E-state index < -0.39 is 0 Å². The average Bonchev–Trinajstić information content (AvgIpc) is 2.63. The van der Waals surface area contributed by atoms with Gasteiger partial charge in [-0.15, -0.1) is 0 Å². The standard InChI is InChI=1S/C21H23O2/c22-16-19-8-4-5-9-21(19)18-10-12-20(13-11-18)23-15-14-17-6-2-1-3-7-17/h4-5,8-13,17H,1-3,6-7,14-15H2. The van der Waals surface area contributed by atoms with Gasteiger partial charge in [0.05, 0.1) is 6.61 Å². The van der Waals surface area contributed by atoms with Crippen LogP contribution in [0.1, 0.15) is 44.1 Å². The maximum Gasteiger partial charge on any atom is 0.234 e. The average molecular weight is 307 g/mol. The topological polar surface area (TPSA) is 26.3 Å². The smallest absolute Gasteiger partial charge is 0.234 e. The van der Waals surface area contributed by atoms with Gasteiger partial charge < -0.3 is 4.74 Å². The summed E-state index contributed by atoms with van der Waals surface area (Å²) in [6.45, 7) is 0.794. The maximum atomic E-state index is 11.0. The lowest BCUT2D eigenvalue weighted by Gasteiger charge is -2.21.